The first kappa shape index (κ1) is 11.8. The van der Waals surface area contributed by atoms with Crippen molar-refractivity contribution in [2.24, 2.45) is 0 Å². The summed E-state index contributed by atoms with van der Waals surface area (Å²) in [4.78, 5) is 1.28. The molecule has 17 heavy (non-hydrogen) atoms. The van der Waals surface area contributed by atoms with Gasteiger partial charge in [0.15, 0.2) is 0 Å². The number of hydrogen-bond acceptors (Lipinski definition) is 2. The molecule has 0 bridgehead atoms. The minimum absolute atomic E-state index is 0.797. The SMILES string of the molecule is CSc1ccccc1/C=C/c1cccc(N)c1. The smallest absolute Gasteiger partial charge is 0.0319 e. The average molecular weight is 241 g/mol. The molecule has 0 saturated heterocycles. The van der Waals surface area contributed by atoms with E-state index in [1.807, 2.05) is 18.2 Å². The van der Waals surface area contributed by atoms with Crippen molar-refractivity contribution in [3.05, 3.63) is 59.7 Å². The highest BCUT2D eigenvalue weighted by Gasteiger charge is 1.95. The maximum Gasteiger partial charge on any atom is 0.0319 e. The van der Waals surface area contributed by atoms with Crippen LogP contribution in [0.15, 0.2) is 53.4 Å². The van der Waals surface area contributed by atoms with Crippen molar-refractivity contribution in [2.45, 2.75) is 4.90 Å². The van der Waals surface area contributed by atoms with E-state index in [9.17, 15) is 0 Å². The van der Waals surface area contributed by atoms with Gasteiger partial charge >= 0.3 is 0 Å². The van der Waals surface area contributed by atoms with Crippen LogP contribution in [0.25, 0.3) is 12.2 Å². The van der Waals surface area contributed by atoms with Crippen LogP contribution in [0.5, 0.6) is 0 Å². The molecule has 2 N–H and O–H groups in total. The van der Waals surface area contributed by atoms with Gasteiger partial charge in [0, 0.05) is 10.6 Å². The topological polar surface area (TPSA) is 26.0 Å². The maximum absolute atomic E-state index is 5.75. The first-order valence-corrected chi connectivity index (χ1v) is 6.69. The van der Waals surface area contributed by atoms with Crippen molar-refractivity contribution in [1.29, 1.82) is 0 Å². The molecule has 0 spiro atoms. The molecule has 0 heterocycles. The molecule has 0 aliphatic rings. The summed E-state index contributed by atoms with van der Waals surface area (Å²) in [5, 5.41) is 0. The Hall–Kier alpha value is -1.67. The van der Waals surface area contributed by atoms with Gasteiger partial charge in [0.2, 0.25) is 0 Å². The lowest BCUT2D eigenvalue weighted by molar-refractivity contribution is 1.43. The van der Waals surface area contributed by atoms with Crippen LogP contribution in [0.2, 0.25) is 0 Å². The highest BCUT2D eigenvalue weighted by molar-refractivity contribution is 7.98. The monoisotopic (exact) mass is 241 g/mol. The molecule has 0 amide bonds. The molecular formula is C15H15NS. The Labute approximate surface area is 106 Å². The van der Waals surface area contributed by atoms with Crippen LogP contribution in [0.4, 0.5) is 5.69 Å². The van der Waals surface area contributed by atoms with Crippen LogP contribution in [-0.2, 0) is 0 Å². The van der Waals surface area contributed by atoms with Crippen LogP contribution in [0.1, 0.15) is 11.1 Å². The second kappa shape index (κ2) is 5.60. The maximum atomic E-state index is 5.75. The van der Waals surface area contributed by atoms with E-state index in [4.69, 9.17) is 5.73 Å². The summed E-state index contributed by atoms with van der Waals surface area (Å²) in [7, 11) is 0. The van der Waals surface area contributed by atoms with Crippen LogP contribution in [-0.4, -0.2) is 6.26 Å². The molecule has 0 saturated carbocycles. The highest BCUT2D eigenvalue weighted by Crippen LogP contribution is 2.22. The Bertz CT molecular complexity index is 532. The molecule has 2 rings (SSSR count). The molecule has 0 radical (unpaired) electrons. The number of benzene rings is 2. The van der Waals surface area contributed by atoms with E-state index in [1.54, 1.807) is 11.8 Å². The predicted octanol–water partition coefficient (Wildman–Crippen LogP) is 4.16. The van der Waals surface area contributed by atoms with E-state index in [2.05, 4.69) is 48.7 Å². The summed E-state index contributed by atoms with van der Waals surface area (Å²) in [5.41, 5.74) is 8.91. The number of hydrogen-bond donors (Lipinski definition) is 1. The van der Waals surface area contributed by atoms with Gasteiger partial charge in [0.25, 0.3) is 0 Å². The number of nitrogens with two attached hydrogens (primary N) is 1. The lowest BCUT2D eigenvalue weighted by Crippen LogP contribution is -1.83. The lowest BCUT2D eigenvalue weighted by Gasteiger charge is -2.01. The molecule has 0 aliphatic carbocycles. The van der Waals surface area contributed by atoms with Gasteiger partial charge in [-0.2, -0.15) is 0 Å². The van der Waals surface area contributed by atoms with Gasteiger partial charge in [0.1, 0.15) is 0 Å². The van der Waals surface area contributed by atoms with Crippen molar-refractivity contribution >= 4 is 29.6 Å². The van der Waals surface area contributed by atoms with E-state index in [0.717, 1.165) is 11.3 Å². The third-order valence-corrected chi connectivity index (χ3v) is 3.32. The van der Waals surface area contributed by atoms with Gasteiger partial charge in [-0.15, -0.1) is 11.8 Å². The van der Waals surface area contributed by atoms with Crippen molar-refractivity contribution in [1.82, 2.24) is 0 Å². The fraction of sp³-hybridized carbons (Fsp3) is 0.0667. The van der Waals surface area contributed by atoms with Gasteiger partial charge in [-0.3, -0.25) is 0 Å². The first-order valence-electron chi connectivity index (χ1n) is 5.46. The normalized spacial score (nSPS) is 10.9. The fourth-order valence-corrected chi connectivity index (χ4v) is 2.24. The second-order valence-electron chi connectivity index (χ2n) is 3.75. The van der Waals surface area contributed by atoms with E-state index < -0.39 is 0 Å². The summed E-state index contributed by atoms with van der Waals surface area (Å²) < 4.78 is 0. The fourth-order valence-electron chi connectivity index (χ4n) is 1.65. The Balaban J connectivity index is 2.26. The summed E-state index contributed by atoms with van der Waals surface area (Å²) in [5.74, 6) is 0. The zero-order chi connectivity index (χ0) is 12.1. The van der Waals surface area contributed by atoms with Crippen LogP contribution in [0, 0.1) is 0 Å². The number of thioether (sulfide) groups is 1. The highest BCUT2D eigenvalue weighted by atomic mass is 32.2. The van der Waals surface area contributed by atoms with Gasteiger partial charge < -0.3 is 5.73 Å². The lowest BCUT2D eigenvalue weighted by atomic mass is 10.1. The molecule has 0 unspecified atom stereocenters. The molecule has 0 aliphatic heterocycles. The van der Waals surface area contributed by atoms with Crippen LogP contribution >= 0.6 is 11.8 Å². The molecule has 2 heteroatoms. The Morgan fingerprint density at radius 2 is 1.82 bits per heavy atom. The Kier molecular flexibility index (Phi) is 3.89. The van der Waals surface area contributed by atoms with Crippen molar-refractivity contribution in [3.8, 4) is 0 Å². The van der Waals surface area contributed by atoms with Gasteiger partial charge in [-0.05, 0) is 35.6 Å². The van der Waals surface area contributed by atoms with Crippen molar-refractivity contribution < 1.29 is 0 Å². The van der Waals surface area contributed by atoms with Crippen LogP contribution in [0.3, 0.4) is 0 Å². The Morgan fingerprint density at radius 1 is 1.00 bits per heavy atom. The second-order valence-corrected chi connectivity index (χ2v) is 4.59. The van der Waals surface area contributed by atoms with E-state index in [-0.39, 0.29) is 0 Å². The number of nitrogen functional groups attached to an aromatic ring is 1. The average Bonchev–Trinajstić information content (AvgIpc) is 2.37. The zero-order valence-corrected chi connectivity index (χ0v) is 10.6. The minimum Gasteiger partial charge on any atom is -0.399 e. The van der Waals surface area contributed by atoms with Gasteiger partial charge in [-0.25, -0.2) is 0 Å². The Morgan fingerprint density at radius 3 is 2.59 bits per heavy atom. The summed E-state index contributed by atoms with van der Waals surface area (Å²) in [6.45, 7) is 0. The molecule has 1 nitrogen and oxygen atoms in total. The predicted molar refractivity (Wildman–Crippen MR) is 78.0 cm³/mol. The third kappa shape index (κ3) is 3.14. The largest absolute Gasteiger partial charge is 0.399 e. The first-order chi connectivity index (χ1) is 8.29. The molecule has 0 fully saturated rings. The van der Waals surface area contributed by atoms with Crippen molar-refractivity contribution in [2.75, 3.05) is 12.0 Å². The summed E-state index contributed by atoms with van der Waals surface area (Å²) >= 11 is 1.76. The van der Waals surface area contributed by atoms with E-state index in [0.29, 0.717) is 0 Å². The summed E-state index contributed by atoms with van der Waals surface area (Å²) in [6, 6.07) is 16.2. The molecule has 0 atom stereocenters. The summed E-state index contributed by atoms with van der Waals surface area (Å²) in [6.07, 6.45) is 6.30. The van der Waals surface area contributed by atoms with E-state index in [1.165, 1.54) is 10.5 Å². The zero-order valence-electron chi connectivity index (χ0n) is 9.76. The molecule has 0 aromatic heterocycles. The minimum atomic E-state index is 0.797. The molecular weight excluding hydrogens is 226 g/mol. The van der Waals surface area contributed by atoms with Crippen molar-refractivity contribution in [3.63, 3.8) is 0 Å². The van der Waals surface area contributed by atoms with Gasteiger partial charge in [0.05, 0.1) is 0 Å². The molecule has 2 aromatic carbocycles. The number of anilines is 1. The standard InChI is InChI=1S/C15H15NS/c1-17-15-8-3-2-6-13(15)10-9-12-5-4-7-14(16)11-12/h2-11H,16H2,1H3/b10-9+. The van der Waals surface area contributed by atoms with Crippen LogP contribution < -0.4 is 5.73 Å². The quantitative estimate of drug-likeness (QED) is 0.496. The molecule has 86 valence electrons. The number of rotatable bonds is 3. The van der Waals surface area contributed by atoms with Gasteiger partial charge in [-0.1, -0.05) is 42.5 Å². The third-order valence-electron chi connectivity index (χ3n) is 2.50. The van der Waals surface area contributed by atoms with E-state index >= 15 is 0 Å². The molecule has 2 aromatic rings.